The number of nitrogens with zero attached hydrogens (tertiary/aromatic N) is 2. The van der Waals surface area contributed by atoms with Crippen LogP contribution >= 0.6 is 35.0 Å². The van der Waals surface area contributed by atoms with Crippen molar-refractivity contribution in [3.63, 3.8) is 0 Å². The Labute approximate surface area is 163 Å². The van der Waals surface area contributed by atoms with Gasteiger partial charge in [-0.2, -0.15) is 0 Å². The van der Waals surface area contributed by atoms with Crippen LogP contribution in [0, 0.1) is 0 Å². The van der Waals surface area contributed by atoms with E-state index in [9.17, 15) is 0 Å². The molecule has 4 rings (SSSR count). The van der Waals surface area contributed by atoms with Crippen LogP contribution in [0.15, 0.2) is 46.0 Å². The minimum atomic E-state index is 0.186. The van der Waals surface area contributed by atoms with Crippen LogP contribution in [0.25, 0.3) is 0 Å². The zero-order valence-electron chi connectivity index (χ0n) is 13.3. The van der Waals surface area contributed by atoms with E-state index < -0.39 is 0 Å². The van der Waals surface area contributed by atoms with Crippen LogP contribution in [0.2, 0.25) is 10.0 Å². The van der Waals surface area contributed by atoms with E-state index in [0.717, 1.165) is 5.56 Å². The van der Waals surface area contributed by atoms with Crippen molar-refractivity contribution in [3.05, 3.63) is 57.9 Å². The Hall–Kier alpha value is -2.09. The molecule has 0 amide bonds. The van der Waals surface area contributed by atoms with Crippen LogP contribution in [0.3, 0.4) is 0 Å². The fraction of sp³-hybridized carbons (Fsp3) is 0.176. The molecule has 0 N–H and O–H groups in total. The Bertz CT molecular complexity index is 918. The molecule has 6 nitrogen and oxygen atoms in total. The molecule has 2 heterocycles. The lowest BCUT2D eigenvalue weighted by atomic mass is 10.2. The van der Waals surface area contributed by atoms with Crippen molar-refractivity contribution in [2.45, 2.75) is 17.6 Å². The van der Waals surface area contributed by atoms with E-state index in [0.29, 0.717) is 44.2 Å². The summed E-state index contributed by atoms with van der Waals surface area (Å²) in [6.45, 7) is 0.372. The van der Waals surface area contributed by atoms with Gasteiger partial charge in [0.2, 0.25) is 6.79 Å². The van der Waals surface area contributed by atoms with Gasteiger partial charge in [-0.15, -0.1) is 10.2 Å². The molecule has 0 unspecified atom stereocenters. The van der Waals surface area contributed by atoms with Gasteiger partial charge < -0.3 is 18.6 Å². The SMILES string of the molecule is Clc1ccc(OCc2nnc(SCc3cc(Cl)c4c(c3)OCO4)o2)cc1. The lowest BCUT2D eigenvalue weighted by Crippen LogP contribution is -1.95. The largest absolute Gasteiger partial charge is 0.484 e. The summed E-state index contributed by atoms with van der Waals surface area (Å²) in [6, 6.07) is 10.8. The second kappa shape index (κ2) is 7.65. The Morgan fingerprint density at radius 3 is 2.77 bits per heavy atom. The summed E-state index contributed by atoms with van der Waals surface area (Å²) in [6.07, 6.45) is 0. The molecule has 1 aliphatic heterocycles. The topological polar surface area (TPSA) is 66.6 Å². The van der Waals surface area contributed by atoms with Gasteiger partial charge in [0, 0.05) is 10.8 Å². The Morgan fingerprint density at radius 1 is 1.08 bits per heavy atom. The van der Waals surface area contributed by atoms with Gasteiger partial charge in [0.25, 0.3) is 11.1 Å². The maximum absolute atomic E-state index is 6.18. The van der Waals surface area contributed by atoms with Crippen molar-refractivity contribution < 1.29 is 18.6 Å². The monoisotopic (exact) mass is 410 g/mol. The molecule has 9 heteroatoms. The fourth-order valence-corrected chi connectivity index (χ4v) is 3.40. The maximum atomic E-state index is 6.18. The van der Waals surface area contributed by atoms with Crippen LogP contribution in [0.1, 0.15) is 11.5 Å². The standard InChI is InChI=1S/C17H12Cl2N2O4S/c18-11-1-3-12(4-2-11)22-7-15-20-21-17(25-15)26-8-10-5-13(19)16-14(6-10)23-9-24-16/h1-6H,7-9H2. The second-order valence-electron chi connectivity index (χ2n) is 5.30. The van der Waals surface area contributed by atoms with Crippen LogP contribution in [-0.4, -0.2) is 17.0 Å². The Kier molecular flexibility index (Phi) is 5.10. The number of thioether (sulfide) groups is 1. The number of hydrogen-bond donors (Lipinski definition) is 0. The highest BCUT2D eigenvalue weighted by Crippen LogP contribution is 2.40. The average molecular weight is 411 g/mol. The zero-order chi connectivity index (χ0) is 17.9. The van der Waals surface area contributed by atoms with Crippen LogP contribution < -0.4 is 14.2 Å². The average Bonchev–Trinajstić information content (AvgIpc) is 3.29. The molecule has 0 bridgehead atoms. The Morgan fingerprint density at radius 2 is 1.92 bits per heavy atom. The Balaban J connectivity index is 1.34. The van der Waals surface area contributed by atoms with Gasteiger partial charge in [-0.1, -0.05) is 35.0 Å². The summed E-state index contributed by atoms with van der Waals surface area (Å²) in [5.41, 5.74) is 0.974. The molecule has 0 saturated heterocycles. The molecule has 0 fully saturated rings. The molecular formula is C17H12Cl2N2O4S. The molecule has 2 aromatic carbocycles. The number of hydrogen-bond acceptors (Lipinski definition) is 7. The first kappa shape index (κ1) is 17.3. The fourth-order valence-electron chi connectivity index (χ4n) is 2.28. The lowest BCUT2D eigenvalue weighted by Gasteiger charge is -2.03. The summed E-state index contributed by atoms with van der Waals surface area (Å²) in [4.78, 5) is 0. The third kappa shape index (κ3) is 4.00. The normalized spacial score (nSPS) is 12.4. The molecule has 134 valence electrons. The van der Waals surface area contributed by atoms with Gasteiger partial charge in [-0.05, 0) is 42.0 Å². The summed E-state index contributed by atoms with van der Waals surface area (Å²) >= 11 is 13.4. The first-order chi connectivity index (χ1) is 12.7. The number of fused-ring (bicyclic) bond motifs is 1. The van der Waals surface area contributed by atoms with E-state index in [1.54, 1.807) is 24.3 Å². The summed E-state index contributed by atoms with van der Waals surface area (Å²) in [5, 5.41) is 9.61. The van der Waals surface area contributed by atoms with Crippen molar-refractivity contribution in [1.82, 2.24) is 10.2 Å². The van der Waals surface area contributed by atoms with Gasteiger partial charge >= 0.3 is 0 Å². The van der Waals surface area contributed by atoms with Gasteiger partial charge in [0.15, 0.2) is 18.1 Å². The molecule has 0 aliphatic carbocycles. The minimum absolute atomic E-state index is 0.186. The van der Waals surface area contributed by atoms with Gasteiger partial charge in [0.05, 0.1) is 5.02 Å². The number of aromatic nitrogens is 2. The molecule has 3 aromatic rings. The van der Waals surface area contributed by atoms with Gasteiger partial charge in [-0.3, -0.25) is 0 Å². The van der Waals surface area contributed by atoms with E-state index in [1.165, 1.54) is 11.8 Å². The molecule has 26 heavy (non-hydrogen) atoms. The van der Waals surface area contributed by atoms with E-state index in [-0.39, 0.29) is 13.4 Å². The number of ether oxygens (including phenoxy) is 3. The molecular weight excluding hydrogens is 399 g/mol. The predicted octanol–water partition coefficient (Wildman–Crippen LogP) is 4.98. The van der Waals surface area contributed by atoms with Crippen molar-refractivity contribution in [2.24, 2.45) is 0 Å². The third-order valence-electron chi connectivity index (χ3n) is 3.47. The van der Waals surface area contributed by atoms with Gasteiger partial charge in [0.1, 0.15) is 5.75 Å². The summed E-state index contributed by atoms with van der Waals surface area (Å²) in [7, 11) is 0. The minimum Gasteiger partial charge on any atom is -0.484 e. The van der Waals surface area contributed by atoms with Gasteiger partial charge in [-0.25, -0.2) is 0 Å². The van der Waals surface area contributed by atoms with E-state index in [4.69, 9.17) is 41.8 Å². The number of halogens is 2. The highest BCUT2D eigenvalue weighted by molar-refractivity contribution is 7.98. The van der Waals surface area contributed by atoms with Crippen LogP contribution in [0.5, 0.6) is 17.2 Å². The quantitative estimate of drug-likeness (QED) is 0.530. The molecule has 1 aromatic heterocycles. The molecule has 0 saturated carbocycles. The number of benzene rings is 2. The van der Waals surface area contributed by atoms with E-state index in [1.807, 2.05) is 12.1 Å². The lowest BCUT2D eigenvalue weighted by molar-refractivity contribution is 0.174. The summed E-state index contributed by atoms with van der Waals surface area (Å²) < 4.78 is 21.8. The maximum Gasteiger partial charge on any atom is 0.277 e. The van der Waals surface area contributed by atoms with E-state index >= 15 is 0 Å². The third-order valence-corrected chi connectivity index (χ3v) is 4.90. The summed E-state index contributed by atoms with van der Waals surface area (Å²) in [5.74, 6) is 2.91. The smallest absolute Gasteiger partial charge is 0.277 e. The first-order valence-corrected chi connectivity index (χ1v) is 9.33. The highest BCUT2D eigenvalue weighted by Gasteiger charge is 2.18. The van der Waals surface area contributed by atoms with Crippen LogP contribution in [-0.2, 0) is 12.4 Å². The van der Waals surface area contributed by atoms with Crippen molar-refractivity contribution in [2.75, 3.05) is 6.79 Å². The van der Waals surface area contributed by atoms with Crippen molar-refractivity contribution in [1.29, 1.82) is 0 Å². The van der Waals surface area contributed by atoms with Crippen molar-refractivity contribution >= 4 is 35.0 Å². The van der Waals surface area contributed by atoms with Crippen LogP contribution in [0.4, 0.5) is 0 Å². The molecule has 1 aliphatic rings. The number of rotatable bonds is 6. The zero-order valence-corrected chi connectivity index (χ0v) is 15.6. The first-order valence-electron chi connectivity index (χ1n) is 7.59. The van der Waals surface area contributed by atoms with Crippen molar-refractivity contribution in [3.8, 4) is 17.2 Å². The second-order valence-corrected chi connectivity index (χ2v) is 7.07. The van der Waals surface area contributed by atoms with E-state index in [2.05, 4.69) is 10.2 Å². The molecule has 0 atom stereocenters. The molecule has 0 spiro atoms. The predicted molar refractivity (Wildman–Crippen MR) is 97.2 cm³/mol. The highest BCUT2D eigenvalue weighted by atomic mass is 35.5. The molecule has 0 radical (unpaired) electrons.